The minimum atomic E-state index is -0.840. The molecule has 1 aliphatic heterocycles. The molecule has 1 aliphatic rings. The Kier molecular flexibility index (Phi) is 8.04. The molecule has 1 N–H and O–H groups in total. The number of anilines is 1. The third-order valence-electron chi connectivity index (χ3n) is 6.87. The average Bonchev–Trinajstić information content (AvgIpc) is 2.97. The van der Waals surface area contributed by atoms with E-state index in [0.29, 0.717) is 56.9 Å². The van der Waals surface area contributed by atoms with Crippen LogP contribution in [-0.4, -0.2) is 66.4 Å². The van der Waals surface area contributed by atoms with Crippen molar-refractivity contribution in [3.05, 3.63) is 65.2 Å². The van der Waals surface area contributed by atoms with Crippen LogP contribution in [0.4, 0.5) is 5.69 Å². The summed E-state index contributed by atoms with van der Waals surface area (Å²) in [4.78, 5) is 29.4. The van der Waals surface area contributed by atoms with Crippen molar-refractivity contribution in [2.75, 3.05) is 55.0 Å². The van der Waals surface area contributed by atoms with Crippen molar-refractivity contribution in [1.82, 2.24) is 4.90 Å². The molecule has 3 aromatic rings. The summed E-state index contributed by atoms with van der Waals surface area (Å²) in [6.07, 6.45) is 0. The molecule has 0 aliphatic carbocycles. The first kappa shape index (κ1) is 27.4. The third-order valence-corrected chi connectivity index (χ3v) is 6.87. The second kappa shape index (κ2) is 11.4. The molecule has 0 fully saturated rings. The van der Waals surface area contributed by atoms with E-state index in [1.807, 2.05) is 6.07 Å². The summed E-state index contributed by atoms with van der Waals surface area (Å²) in [6, 6.07) is 13.0. The number of likely N-dealkylation sites (N-methyl/N-ethyl adjacent to an activating group) is 1. The number of methoxy groups -OCH3 is 6. The number of amides is 2. The molecule has 10 nitrogen and oxygen atoms in total. The fraction of sp³-hybridized carbons (Fsp3) is 0.310. The van der Waals surface area contributed by atoms with E-state index in [1.54, 1.807) is 68.6 Å². The minimum Gasteiger partial charge on any atom is -0.497 e. The third kappa shape index (κ3) is 4.97. The Morgan fingerprint density at radius 1 is 0.718 bits per heavy atom. The van der Waals surface area contributed by atoms with Crippen LogP contribution in [0.3, 0.4) is 0 Å². The molecule has 0 aromatic heterocycles. The first-order chi connectivity index (χ1) is 18.8. The molecule has 1 heterocycles. The van der Waals surface area contributed by atoms with Crippen molar-refractivity contribution in [3.8, 4) is 34.5 Å². The number of ether oxygens (including phenoxy) is 6. The number of carbonyl (C=O) groups excluding carboxylic acids is 2. The topological polar surface area (TPSA) is 105 Å². The van der Waals surface area contributed by atoms with Crippen LogP contribution in [0.25, 0.3) is 0 Å². The van der Waals surface area contributed by atoms with Crippen molar-refractivity contribution in [1.29, 1.82) is 0 Å². The largest absolute Gasteiger partial charge is 0.497 e. The van der Waals surface area contributed by atoms with Gasteiger partial charge in [0.25, 0.3) is 5.91 Å². The molecule has 0 radical (unpaired) electrons. The molecular weight excluding hydrogens is 504 g/mol. The van der Waals surface area contributed by atoms with E-state index in [-0.39, 0.29) is 11.8 Å². The number of benzene rings is 3. The van der Waals surface area contributed by atoms with Crippen LogP contribution in [0, 0.1) is 0 Å². The van der Waals surface area contributed by atoms with Crippen LogP contribution in [0.5, 0.6) is 34.5 Å². The highest BCUT2D eigenvalue weighted by atomic mass is 16.5. The Morgan fingerprint density at radius 2 is 1.33 bits per heavy atom. The quantitative estimate of drug-likeness (QED) is 0.432. The second-order valence-corrected chi connectivity index (χ2v) is 8.80. The molecule has 0 unspecified atom stereocenters. The van der Waals surface area contributed by atoms with Gasteiger partial charge in [-0.3, -0.25) is 9.59 Å². The molecule has 0 saturated heterocycles. The monoisotopic (exact) mass is 536 g/mol. The Labute approximate surface area is 227 Å². The molecule has 2 amide bonds. The van der Waals surface area contributed by atoms with Crippen LogP contribution in [-0.2, 0) is 4.79 Å². The number of hydrogen-bond donors (Lipinski definition) is 1. The zero-order valence-corrected chi connectivity index (χ0v) is 23.0. The number of nitrogens with zero attached hydrogens (tertiary/aromatic N) is 1. The van der Waals surface area contributed by atoms with Crippen molar-refractivity contribution in [2.24, 2.45) is 0 Å². The normalized spacial score (nSPS) is 16.2. The molecule has 3 aromatic carbocycles. The van der Waals surface area contributed by atoms with Crippen molar-refractivity contribution < 1.29 is 38.0 Å². The molecule has 0 saturated carbocycles. The summed E-state index contributed by atoms with van der Waals surface area (Å²) in [5, 5.41) is 2.99. The van der Waals surface area contributed by atoms with Gasteiger partial charge in [0, 0.05) is 18.7 Å². The van der Waals surface area contributed by atoms with E-state index in [2.05, 4.69) is 5.32 Å². The van der Waals surface area contributed by atoms with Crippen molar-refractivity contribution in [2.45, 2.75) is 12.0 Å². The minimum absolute atomic E-state index is 0.267. The van der Waals surface area contributed by atoms with E-state index in [1.165, 1.54) is 28.4 Å². The van der Waals surface area contributed by atoms with Gasteiger partial charge in [0.2, 0.25) is 5.91 Å². The lowest BCUT2D eigenvalue weighted by Crippen LogP contribution is -2.44. The van der Waals surface area contributed by atoms with Crippen molar-refractivity contribution >= 4 is 17.5 Å². The highest BCUT2D eigenvalue weighted by Crippen LogP contribution is 2.47. The maximum absolute atomic E-state index is 14.2. The Hall–Kier alpha value is -4.60. The predicted octanol–water partition coefficient (Wildman–Crippen LogP) is 4.29. The van der Waals surface area contributed by atoms with Gasteiger partial charge >= 0.3 is 0 Å². The van der Waals surface area contributed by atoms with Crippen molar-refractivity contribution in [3.63, 3.8) is 0 Å². The summed E-state index contributed by atoms with van der Waals surface area (Å²) in [6.45, 7) is 0. The highest BCUT2D eigenvalue weighted by molar-refractivity contribution is 6.05. The SMILES string of the molecule is COc1ccc(NC(=O)[C@H]2c3cc(OC)c(OC)cc3C(=O)N(C)[C@H]2c2ccc(OC)c(OC)c2)c(OC)c1. The van der Waals surface area contributed by atoms with Gasteiger partial charge in [-0.15, -0.1) is 0 Å². The van der Waals surface area contributed by atoms with Crippen LogP contribution in [0.15, 0.2) is 48.5 Å². The number of carbonyl (C=O) groups is 2. The second-order valence-electron chi connectivity index (χ2n) is 8.80. The van der Waals surface area contributed by atoms with E-state index >= 15 is 0 Å². The lowest BCUT2D eigenvalue weighted by molar-refractivity contribution is -0.119. The van der Waals surface area contributed by atoms with Gasteiger partial charge in [-0.05, 0) is 47.5 Å². The van der Waals surface area contributed by atoms with Crippen LogP contribution in [0.1, 0.15) is 33.4 Å². The molecule has 0 bridgehead atoms. The molecular formula is C29H32N2O8. The number of nitrogens with one attached hydrogen (secondary N) is 1. The lowest BCUT2D eigenvalue weighted by Gasteiger charge is -2.40. The van der Waals surface area contributed by atoms with E-state index in [9.17, 15) is 9.59 Å². The summed E-state index contributed by atoms with van der Waals surface area (Å²) < 4.78 is 32.7. The summed E-state index contributed by atoms with van der Waals surface area (Å²) in [5.74, 6) is 1.34. The smallest absolute Gasteiger partial charge is 0.254 e. The molecule has 206 valence electrons. The maximum Gasteiger partial charge on any atom is 0.254 e. The molecule has 39 heavy (non-hydrogen) atoms. The van der Waals surface area contributed by atoms with Crippen LogP contribution < -0.4 is 33.7 Å². The molecule has 0 spiro atoms. The summed E-state index contributed by atoms with van der Waals surface area (Å²) >= 11 is 0. The zero-order chi connectivity index (χ0) is 28.3. The fourth-order valence-electron chi connectivity index (χ4n) is 4.90. The standard InChI is InChI=1S/C29H32N2O8/c1-31-27(16-8-11-21(35-3)23(12-16)37-5)26(18-14-24(38-6)25(39-7)15-19(18)29(31)33)28(32)30-20-10-9-17(34-2)13-22(20)36-4/h8-15,26-27H,1-7H3,(H,30,32)/t26-,27-/m0/s1. The van der Waals surface area contributed by atoms with E-state index in [4.69, 9.17) is 28.4 Å². The Morgan fingerprint density at radius 3 is 1.95 bits per heavy atom. The van der Waals surface area contributed by atoms with Gasteiger partial charge in [0.1, 0.15) is 11.5 Å². The first-order valence-corrected chi connectivity index (χ1v) is 12.1. The van der Waals surface area contributed by atoms with Gasteiger partial charge in [-0.25, -0.2) is 0 Å². The first-order valence-electron chi connectivity index (χ1n) is 12.1. The maximum atomic E-state index is 14.2. The summed E-state index contributed by atoms with van der Waals surface area (Å²) in [5.41, 5.74) is 1.98. The number of rotatable bonds is 9. The van der Waals surface area contributed by atoms with E-state index in [0.717, 1.165) is 0 Å². The number of fused-ring (bicyclic) bond motifs is 1. The van der Waals surface area contributed by atoms with Gasteiger partial charge < -0.3 is 38.6 Å². The molecule has 2 atom stereocenters. The Balaban J connectivity index is 1.90. The highest BCUT2D eigenvalue weighted by Gasteiger charge is 2.44. The zero-order valence-electron chi connectivity index (χ0n) is 23.0. The van der Waals surface area contributed by atoms with Crippen LogP contribution >= 0.6 is 0 Å². The average molecular weight is 537 g/mol. The van der Waals surface area contributed by atoms with Gasteiger partial charge in [0.15, 0.2) is 23.0 Å². The van der Waals surface area contributed by atoms with E-state index < -0.39 is 12.0 Å². The Bertz CT molecular complexity index is 1390. The predicted molar refractivity (Wildman–Crippen MR) is 145 cm³/mol. The fourth-order valence-corrected chi connectivity index (χ4v) is 4.90. The van der Waals surface area contributed by atoms with Crippen LogP contribution in [0.2, 0.25) is 0 Å². The molecule has 10 heteroatoms. The van der Waals surface area contributed by atoms with Gasteiger partial charge in [-0.1, -0.05) is 6.07 Å². The lowest BCUT2D eigenvalue weighted by atomic mass is 9.79. The number of hydrogen-bond acceptors (Lipinski definition) is 8. The van der Waals surface area contributed by atoms with Gasteiger partial charge in [-0.2, -0.15) is 0 Å². The van der Waals surface area contributed by atoms with Gasteiger partial charge in [0.05, 0.1) is 60.3 Å². The molecule has 4 rings (SSSR count). The summed E-state index contributed by atoms with van der Waals surface area (Å²) in [7, 11) is 10.8.